The third-order valence-electron chi connectivity index (χ3n) is 5.29. The standard InChI is InChI=1S/C24H23BrN4O3/c1-3-4-9-22-27-20-11-10-17(25)12-19(20)24(31)29(22)26-13-16-14-28(15-23(30)32-2)21-8-6-5-7-18(16)21/h5-8,10-14H,3-4,9,15H2,1-2H3. The van der Waals surface area contributed by atoms with Crippen LogP contribution in [0.2, 0.25) is 0 Å². The minimum atomic E-state index is -0.336. The number of nitrogens with zero attached hydrogens (tertiary/aromatic N) is 4. The summed E-state index contributed by atoms with van der Waals surface area (Å²) in [4.78, 5) is 29.8. The zero-order chi connectivity index (χ0) is 22.7. The van der Waals surface area contributed by atoms with Gasteiger partial charge in [-0.25, -0.2) is 4.98 Å². The maximum absolute atomic E-state index is 13.3. The van der Waals surface area contributed by atoms with Gasteiger partial charge in [0, 0.05) is 33.6 Å². The molecule has 0 N–H and O–H groups in total. The first-order valence-corrected chi connectivity index (χ1v) is 11.2. The Bertz CT molecular complexity index is 1390. The molecular formula is C24H23BrN4O3. The van der Waals surface area contributed by atoms with E-state index < -0.39 is 0 Å². The molecule has 2 aromatic carbocycles. The summed E-state index contributed by atoms with van der Waals surface area (Å²) in [5.74, 6) is 0.290. The van der Waals surface area contributed by atoms with E-state index in [1.807, 2.05) is 47.2 Å². The monoisotopic (exact) mass is 494 g/mol. The minimum Gasteiger partial charge on any atom is -0.468 e. The van der Waals surface area contributed by atoms with Gasteiger partial charge in [-0.1, -0.05) is 47.5 Å². The molecule has 0 aliphatic rings. The second-order valence-corrected chi connectivity index (χ2v) is 8.38. The summed E-state index contributed by atoms with van der Waals surface area (Å²) in [6.45, 7) is 2.19. The summed E-state index contributed by atoms with van der Waals surface area (Å²) in [5, 5.41) is 5.98. The van der Waals surface area contributed by atoms with Gasteiger partial charge in [-0.2, -0.15) is 9.78 Å². The molecule has 0 bridgehead atoms. The predicted octanol–water partition coefficient (Wildman–Crippen LogP) is 4.51. The second kappa shape index (κ2) is 9.48. The lowest BCUT2D eigenvalue weighted by Gasteiger charge is -2.09. The molecule has 0 atom stereocenters. The number of rotatable bonds is 7. The average Bonchev–Trinajstić information content (AvgIpc) is 3.15. The number of ether oxygens (including phenoxy) is 1. The molecule has 32 heavy (non-hydrogen) atoms. The van der Waals surface area contributed by atoms with E-state index in [0.29, 0.717) is 23.1 Å². The Hall–Kier alpha value is -3.26. The van der Waals surface area contributed by atoms with Crippen molar-refractivity contribution in [3.63, 3.8) is 0 Å². The number of benzene rings is 2. The highest BCUT2D eigenvalue weighted by Crippen LogP contribution is 2.21. The van der Waals surface area contributed by atoms with E-state index in [0.717, 1.165) is 33.8 Å². The summed E-state index contributed by atoms with van der Waals surface area (Å²) in [5.41, 5.74) is 2.13. The van der Waals surface area contributed by atoms with Gasteiger partial charge in [0.1, 0.15) is 12.4 Å². The average molecular weight is 495 g/mol. The van der Waals surface area contributed by atoms with E-state index in [9.17, 15) is 9.59 Å². The molecule has 164 valence electrons. The van der Waals surface area contributed by atoms with Gasteiger partial charge in [-0.15, -0.1) is 0 Å². The van der Waals surface area contributed by atoms with Crippen molar-refractivity contribution in [2.75, 3.05) is 7.11 Å². The Balaban J connectivity index is 1.83. The van der Waals surface area contributed by atoms with Crippen molar-refractivity contribution in [1.82, 2.24) is 14.2 Å². The summed E-state index contributed by atoms with van der Waals surface area (Å²) in [6.07, 6.45) is 6.03. The molecule has 4 rings (SSSR count). The van der Waals surface area contributed by atoms with Gasteiger partial charge in [0.2, 0.25) is 0 Å². The molecule has 0 aliphatic heterocycles. The quantitative estimate of drug-likeness (QED) is 0.279. The summed E-state index contributed by atoms with van der Waals surface area (Å²) in [7, 11) is 1.37. The van der Waals surface area contributed by atoms with E-state index in [1.165, 1.54) is 11.8 Å². The van der Waals surface area contributed by atoms with Crippen LogP contribution in [0.5, 0.6) is 0 Å². The molecule has 2 heterocycles. The van der Waals surface area contributed by atoms with E-state index in [2.05, 4.69) is 28.0 Å². The Kier molecular flexibility index (Phi) is 6.50. The number of carbonyl (C=O) groups excluding carboxylic acids is 1. The number of halogens is 1. The van der Waals surface area contributed by atoms with Crippen molar-refractivity contribution in [2.45, 2.75) is 32.7 Å². The lowest BCUT2D eigenvalue weighted by atomic mass is 10.2. The molecule has 2 aromatic heterocycles. The fourth-order valence-electron chi connectivity index (χ4n) is 3.64. The van der Waals surface area contributed by atoms with Crippen molar-refractivity contribution in [3.05, 3.63) is 74.9 Å². The van der Waals surface area contributed by atoms with Crippen molar-refractivity contribution in [2.24, 2.45) is 5.10 Å². The number of hydrogen-bond acceptors (Lipinski definition) is 5. The maximum atomic E-state index is 13.3. The fourth-order valence-corrected chi connectivity index (χ4v) is 4.00. The van der Waals surface area contributed by atoms with Crippen LogP contribution in [0, 0.1) is 0 Å². The molecule has 0 radical (unpaired) electrons. The number of fused-ring (bicyclic) bond motifs is 2. The topological polar surface area (TPSA) is 78.5 Å². The van der Waals surface area contributed by atoms with Crippen LogP contribution >= 0.6 is 15.9 Å². The summed E-state index contributed by atoms with van der Waals surface area (Å²) in [6, 6.07) is 13.2. The van der Waals surface area contributed by atoms with Gasteiger partial charge >= 0.3 is 5.97 Å². The number of para-hydroxylation sites is 1. The number of hydrogen-bond donors (Lipinski definition) is 0. The van der Waals surface area contributed by atoms with E-state index in [1.54, 1.807) is 12.3 Å². The lowest BCUT2D eigenvalue weighted by molar-refractivity contribution is -0.141. The molecule has 0 amide bonds. The number of carbonyl (C=O) groups is 1. The SMILES string of the molecule is CCCCc1nc2ccc(Br)cc2c(=O)n1N=Cc1cn(CC(=O)OC)c2ccccc12. The molecule has 0 spiro atoms. The molecule has 0 unspecified atom stereocenters. The van der Waals surface area contributed by atoms with E-state index in [4.69, 9.17) is 9.72 Å². The van der Waals surface area contributed by atoms with E-state index >= 15 is 0 Å². The lowest BCUT2D eigenvalue weighted by Crippen LogP contribution is -2.22. The van der Waals surface area contributed by atoms with Gasteiger partial charge in [-0.05, 0) is 30.7 Å². The van der Waals surface area contributed by atoms with E-state index in [-0.39, 0.29) is 18.1 Å². The zero-order valence-corrected chi connectivity index (χ0v) is 19.5. The predicted molar refractivity (Wildman–Crippen MR) is 129 cm³/mol. The van der Waals surface area contributed by atoms with Gasteiger partial charge in [0.05, 0.1) is 24.2 Å². The first kappa shape index (κ1) is 22.0. The van der Waals surface area contributed by atoms with Crippen LogP contribution in [0.4, 0.5) is 0 Å². The van der Waals surface area contributed by atoms with Crippen LogP contribution in [0.15, 0.2) is 63.0 Å². The largest absolute Gasteiger partial charge is 0.468 e. The van der Waals surface area contributed by atoms with Gasteiger partial charge in [0.25, 0.3) is 5.56 Å². The number of esters is 1. The molecular weight excluding hydrogens is 472 g/mol. The Labute approximate surface area is 193 Å². The van der Waals surface area contributed by atoms with Crippen molar-refractivity contribution >= 4 is 49.9 Å². The minimum absolute atomic E-state index is 0.0953. The Morgan fingerprint density at radius 1 is 1.22 bits per heavy atom. The smallest absolute Gasteiger partial charge is 0.325 e. The fraction of sp³-hybridized carbons (Fsp3) is 0.250. The molecule has 0 fully saturated rings. The normalized spacial score (nSPS) is 11.6. The number of aromatic nitrogens is 3. The summed E-state index contributed by atoms with van der Waals surface area (Å²) < 4.78 is 8.83. The molecule has 7 nitrogen and oxygen atoms in total. The molecule has 0 saturated carbocycles. The highest BCUT2D eigenvalue weighted by Gasteiger charge is 2.13. The third-order valence-corrected chi connectivity index (χ3v) is 5.78. The first-order chi connectivity index (χ1) is 15.5. The van der Waals surface area contributed by atoms with Crippen LogP contribution < -0.4 is 5.56 Å². The van der Waals surface area contributed by atoms with Crippen LogP contribution in [0.3, 0.4) is 0 Å². The highest BCUT2D eigenvalue weighted by atomic mass is 79.9. The number of aryl methyl sites for hydroxylation is 1. The third kappa shape index (κ3) is 4.36. The first-order valence-electron chi connectivity index (χ1n) is 10.4. The number of methoxy groups -OCH3 is 1. The molecule has 8 heteroatoms. The maximum Gasteiger partial charge on any atom is 0.325 e. The van der Waals surface area contributed by atoms with Crippen LogP contribution in [0.25, 0.3) is 21.8 Å². The molecule has 0 saturated heterocycles. The van der Waals surface area contributed by atoms with Gasteiger partial charge < -0.3 is 9.30 Å². The van der Waals surface area contributed by atoms with Crippen molar-refractivity contribution < 1.29 is 9.53 Å². The van der Waals surface area contributed by atoms with Gasteiger partial charge in [-0.3, -0.25) is 9.59 Å². The second-order valence-electron chi connectivity index (χ2n) is 7.46. The van der Waals surface area contributed by atoms with Crippen LogP contribution in [-0.4, -0.2) is 33.5 Å². The number of unbranched alkanes of at least 4 members (excludes halogenated alkanes) is 1. The van der Waals surface area contributed by atoms with Crippen molar-refractivity contribution in [3.8, 4) is 0 Å². The van der Waals surface area contributed by atoms with Crippen LogP contribution in [0.1, 0.15) is 31.2 Å². The Morgan fingerprint density at radius 3 is 2.81 bits per heavy atom. The molecule has 0 aliphatic carbocycles. The van der Waals surface area contributed by atoms with Crippen LogP contribution in [-0.2, 0) is 22.5 Å². The van der Waals surface area contributed by atoms with Crippen molar-refractivity contribution in [1.29, 1.82) is 0 Å². The van der Waals surface area contributed by atoms with Gasteiger partial charge in [0.15, 0.2) is 0 Å². The molecule has 4 aromatic rings. The summed E-state index contributed by atoms with van der Waals surface area (Å²) >= 11 is 3.43. The highest BCUT2D eigenvalue weighted by molar-refractivity contribution is 9.10. The Morgan fingerprint density at radius 2 is 2.03 bits per heavy atom. The zero-order valence-electron chi connectivity index (χ0n) is 17.9.